The Labute approximate surface area is 214 Å². The second-order valence-corrected chi connectivity index (χ2v) is 12.6. The van der Waals surface area contributed by atoms with Gasteiger partial charge in [0.2, 0.25) is 0 Å². The Balaban J connectivity index is 2.05. The smallest absolute Gasteiger partial charge is 0.339 e. The van der Waals surface area contributed by atoms with Gasteiger partial charge in [0.15, 0.2) is 15.4 Å². The molecular formula is C29H35NO5S. The molecule has 0 amide bonds. The van der Waals surface area contributed by atoms with Gasteiger partial charge < -0.3 is 9.84 Å². The number of hydrogen-bond acceptors (Lipinski definition) is 6. The van der Waals surface area contributed by atoms with Gasteiger partial charge in [0.25, 0.3) is 0 Å². The average molecular weight is 510 g/mol. The highest BCUT2D eigenvalue weighted by Gasteiger charge is 2.51. The zero-order valence-electron chi connectivity index (χ0n) is 21.7. The van der Waals surface area contributed by atoms with E-state index in [1.807, 2.05) is 46.8 Å². The molecule has 36 heavy (non-hydrogen) atoms. The van der Waals surface area contributed by atoms with Crippen molar-refractivity contribution in [2.45, 2.75) is 82.5 Å². The molecule has 1 N–H and O–H groups in total. The minimum atomic E-state index is -3.65. The van der Waals surface area contributed by atoms with Gasteiger partial charge in [-0.25, -0.2) is 13.2 Å². The summed E-state index contributed by atoms with van der Waals surface area (Å²) in [6.45, 7) is 9.96. The molecule has 0 spiro atoms. The number of benzene rings is 2. The zero-order valence-corrected chi connectivity index (χ0v) is 22.5. The summed E-state index contributed by atoms with van der Waals surface area (Å²) in [5.74, 6) is -1.22. The van der Waals surface area contributed by atoms with Gasteiger partial charge in [-0.05, 0) is 53.6 Å². The van der Waals surface area contributed by atoms with Gasteiger partial charge in [-0.1, -0.05) is 71.7 Å². The van der Waals surface area contributed by atoms with E-state index < -0.39 is 32.7 Å². The summed E-state index contributed by atoms with van der Waals surface area (Å²) in [5, 5.41) is 20.4. The van der Waals surface area contributed by atoms with Gasteiger partial charge in [-0.2, -0.15) is 5.26 Å². The van der Waals surface area contributed by atoms with E-state index in [4.69, 9.17) is 10.00 Å². The maximum absolute atomic E-state index is 13.2. The normalized spacial score (nSPS) is 16.5. The molecule has 1 aliphatic rings. The lowest BCUT2D eigenvalue weighted by atomic mass is 9.71. The van der Waals surface area contributed by atoms with E-state index in [9.17, 15) is 18.3 Å². The lowest BCUT2D eigenvalue weighted by molar-refractivity contribution is -0.150. The number of ether oxygens (including phenoxy) is 1. The minimum absolute atomic E-state index is 0.00623. The number of carbonyl (C=O) groups excluding carboxylic acids is 1. The lowest BCUT2D eigenvalue weighted by Crippen LogP contribution is -2.31. The number of sulfone groups is 1. The molecule has 0 saturated heterocycles. The van der Waals surface area contributed by atoms with Crippen LogP contribution >= 0.6 is 0 Å². The molecule has 2 aromatic rings. The first-order valence-corrected chi connectivity index (χ1v) is 14.0. The Hall–Kier alpha value is -3.11. The van der Waals surface area contributed by atoms with Crippen LogP contribution in [0.15, 0.2) is 64.8 Å². The van der Waals surface area contributed by atoms with E-state index in [2.05, 4.69) is 0 Å². The molecule has 1 aliphatic heterocycles. The molecule has 0 radical (unpaired) electrons. The molecule has 3 rings (SSSR count). The Kier molecular flexibility index (Phi) is 8.00. The van der Waals surface area contributed by atoms with E-state index in [1.54, 1.807) is 18.2 Å². The van der Waals surface area contributed by atoms with Crippen molar-refractivity contribution < 1.29 is 23.1 Å². The fourth-order valence-electron chi connectivity index (χ4n) is 5.15. The van der Waals surface area contributed by atoms with E-state index in [0.29, 0.717) is 24.0 Å². The number of esters is 1. The quantitative estimate of drug-likeness (QED) is 0.394. The highest BCUT2D eigenvalue weighted by molar-refractivity contribution is 7.90. The molecule has 0 aromatic heterocycles. The van der Waals surface area contributed by atoms with Crippen molar-refractivity contribution >= 4 is 15.8 Å². The van der Waals surface area contributed by atoms with Gasteiger partial charge >= 0.3 is 5.97 Å². The van der Waals surface area contributed by atoms with Gasteiger partial charge in [-0.15, -0.1) is 0 Å². The maximum Gasteiger partial charge on any atom is 0.339 e. The minimum Gasteiger partial charge on any atom is -0.507 e. The Morgan fingerprint density at radius 2 is 1.67 bits per heavy atom. The molecule has 1 heterocycles. The first-order valence-electron chi connectivity index (χ1n) is 12.4. The molecule has 192 valence electrons. The molecule has 0 aliphatic carbocycles. The van der Waals surface area contributed by atoms with Crippen molar-refractivity contribution in [2.75, 3.05) is 0 Å². The van der Waals surface area contributed by atoms with Crippen molar-refractivity contribution in [2.24, 2.45) is 5.41 Å². The van der Waals surface area contributed by atoms with Crippen molar-refractivity contribution in [1.82, 2.24) is 0 Å². The van der Waals surface area contributed by atoms with Crippen LogP contribution in [0.5, 0.6) is 0 Å². The number of aliphatic hydroxyl groups is 1. The van der Waals surface area contributed by atoms with Crippen LogP contribution in [0.4, 0.5) is 0 Å². The predicted octanol–water partition coefficient (Wildman–Crippen LogP) is 6.37. The first-order chi connectivity index (χ1) is 16.9. The summed E-state index contributed by atoms with van der Waals surface area (Å²) in [6.07, 6.45) is 2.60. The van der Waals surface area contributed by atoms with E-state index in [0.717, 1.165) is 18.4 Å². The van der Waals surface area contributed by atoms with Crippen molar-refractivity contribution in [3.8, 4) is 6.07 Å². The number of rotatable bonds is 9. The van der Waals surface area contributed by atoms with Gasteiger partial charge in [0.05, 0.1) is 27.9 Å². The summed E-state index contributed by atoms with van der Waals surface area (Å²) in [4.78, 5) is 13.3. The van der Waals surface area contributed by atoms with Crippen LogP contribution in [0.2, 0.25) is 0 Å². The Bertz CT molecular complexity index is 1290. The fraction of sp³-hybridized carbons (Fsp3) is 0.448. The van der Waals surface area contributed by atoms with E-state index in [-0.39, 0.29) is 22.0 Å². The van der Waals surface area contributed by atoms with Gasteiger partial charge in [-0.3, -0.25) is 0 Å². The third-order valence-corrected chi connectivity index (χ3v) is 8.34. The van der Waals surface area contributed by atoms with Crippen LogP contribution in [0.3, 0.4) is 0 Å². The number of hydrogen-bond donors (Lipinski definition) is 1. The second-order valence-electron chi connectivity index (χ2n) is 10.6. The van der Waals surface area contributed by atoms with Crippen molar-refractivity contribution in [1.29, 1.82) is 5.26 Å². The number of nitrogens with zero attached hydrogens (tertiary/aromatic N) is 1. The first kappa shape index (κ1) is 27.5. The summed E-state index contributed by atoms with van der Waals surface area (Å²) >= 11 is 0. The third kappa shape index (κ3) is 5.49. The average Bonchev–Trinajstić information content (AvgIpc) is 3.03. The fourth-order valence-corrected chi connectivity index (χ4v) is 6.49. The van der Waals surface area contributed by atoms with Crippen LogP contribution in [0.1, 0.15) is 82.9 Å². The topological polar surface area (TPSA) is 104 Å². The largest absolute Gasteiger partial charge is 0.507 e. The van der Waals surface area contributed by atoms with Crippen LogP contribution in [-0.2, 0) is 25.1 Å². The molecule has 7 heteroatoms. The monoisotopic (exact) mass is 509 g/mol. The zero-order chi connectivity index (χ0) is 26.7. The number of nitriles is 1. The SMILES string of the molecule is CCCC1(CCC)OC(=O)C(C(c2cccc(CS(=O)(=O)c3ccc(C#N)cc3)c2)C(C)(C)C)=C1O. The molecule has 1 unspecified atom stereocenters. The third-order valence-electron chi connectivity index (χ3n) is 6.64. The molecule has 0 saturated carbocycles. The molecule has 1 atom stereocenters. The van der Waals surface area contributed by atoms with E-state index >= 15 is 0 Å². The number of aliphatic hydroxyl groups excluding tert-OH is 1. The Morgan fingerprint density at radius 1 is 1.06 bits per heavy atom. The summed E-state index contributed by atoms with van der Waals surface area (Å²) in [6, 6.07) is 15.0. The molecule has 0 fully saturated rings. The molecular weight excluding hydrogens is 474 g/mol. The molecule has 6 nitrogen and oxygen atoms in total. The van der Waals surface area contributed by atoms with Gasteiger partial charge in [0, 0.05) is 5.92 Å². The molecule has 2 aromatic carbocycles. The van der Waals surface area contributed by atoms with Crippen LogP contribution < -0.4 is 0 Å². The lowest BCUT2D eigenvalue weighted by Gasteiger charge is -2.31. The van der Waals surface area contributed by atoms with Crippen molar-refractivity contribution in [3.63, 3.8) is 0 Å². The molecule has 0 bridgehead atoms. The van der Waals surface area contributed by atoms with Crippen LogP contribution in [-0.4, -0.2) is 25.1 Å². The Morgan fingerprint density at radius 3 is 2.19 bits per heavy atom. The van der Waals surface area contributed by atoms with Crippen LogP contribution in [0.25, 0.3) is 0 Å². The number of carbonyl (C=O) groups is 1. The standard InChI is InChI=1S/C29H35NO5S/c1-6-15-29(16-7-2)26(31)24(27(32)35-29)25(28(3,4)5)22-10-8-9-21(17-22)19-36(33,34)23-13-11-20(18-30)12-14-23/h8-14,17,25,31H,6-7,15-16,19H2,1-5H3. The second kappa shape index (κ2) is 10.5. The van der Waals surface area contributed by atoms with Crippen LogP contribution in [0, 0.1) is 16.7 Å². The maximum atomic E-state index is 13.2. The summed E-state index contributed by atoms with van der Waals surface area (Å²) < 4.78 is 32.0. The van der Waals surface area contributed by atoms with Gasteiger partial charge in [0.1, 0.15) is 5.76 Å². The van der Waals surface area contributed by atoms with E-state index in [1.165, 1.54) is 24.3 Å². The highest BCUT2D eigenvalue weighted by atomic mass is 32.2. The number of cyclic esters (lactones) is 1. The van der Waals surface area contributed by atoms with Crippen molar-refractivity contribution in [3.05, 3.63) is 76.6 Å². The predicted molar refractivity (Wildman–Crippen MR) is 139 cm³/mol. The summed E-state index contributed by atoms with van der Waals surface area (Å²) in [5.41, 5.74) is 0.514. The highest BCUT2D eigenvalue weighted by Crippen LogP contribution is 2.49. The summed E-state index contributed by atoms with van der Waals surface area (Å²) in [7, 11) is -3.65.